The van der Waals surface area contributed by atoms with Gasteiger partial charge in [0.1, 0.15) is 11.5 Å². The molecule has 2 heterocycles. The number of carbonyl (C=O) groups excluding carboxylic acids is 1. The monoisotopic (exact) mass is 418 g/mol. The largest absolute Gasteiger partial charge is 0.463 e. The zero-order valence-corrected chi connectivity index (χ0v) is 17.6. The quantitative estimate of drug-likeness (QED) is 0.573. The van der Waals surface area contributed by atoms with Crippen LogP contribution >= 0.6 is 0 Å². The molecule has 0 aliphatic carbocycles. The summed E-state index contributed by atoms with van der Waals surface area (Å²) in [6.07, 6.45) is 3.14. The molecule has 29 heavy (non-hydrogen) atoms. The predicted octanol–water partition coefficient (Wildman–Crippen LogP) is 2.15. The smallest absolute Gasteiger partial charge is 0.271 e. The maximum absolute atomic E-state index is 12.9. The Labute approximate surface area is 171 Å². The van der Waals surface area contributed by atoms with E-state index in [2.05, 4.69) is 15.4 Å². The molecule has 0 bridgehead atoms. The number of hydrogen-bond acceptors (Lipinski definition) is 6. The number of rotatable bonds is 6. The van der Waals surface area contributed by atoms with Crippen LogP contribution in [0.4, 0.5) is 0 Å². The van der Waals surface area contributed by atoms with Crippen LogP contribution in [-0.4, -0.2) is 62.5 Å². The predicted molar refractivity (Wildman–Crippen MR) is 110 cm³/mol. The van der Waals surface area contributed by atoms with E-state index in [1.165, 1.54) is 34.8 Å². The average Bonchev–Trinajstić information content (AvgIpc) is 3.27. The van der Waals surface area contributed by atoms with Gasteiger partial charge >= 0.3 is 0 Å². The summed E-state index contributed by atoms with van der Waals surface area (Å²) in [4.78, 5) is 14.6. The lowest BCUT2D eigenvalue weighted by Gasteiger charge is -2.34. The van der Waals surface area contributed by atoms with Gasteiger partial charge in [-0.1, -0.05) is 0 Å². The SMILES string of the molecule is C/C(=N/NC(=O)c1ccc(S(=O)(=O)N(C)C2CCN(C)CC2)cc1)c1ccco1. The van der Waals surface area contributed by atoms with Gasteiger partial charge in [-0.2, -0.15) is 9.41 Å². The van der Waals surface area contributed by atoms with Gasteiger partial charge in [0, 0.05) is 18.7 Å². The second-order valence-corrected chi connectivity index (χ2v) is 9.19. The molecule has 9 heteroatoms. The van der Waals surface area contributed by atoms with Gasteiger partial charge in [0.25, 0.3) is 5.91 Å². The van der Waals surface area contributed by atoms with Gasteiger partial charge in [0.15, 0.2) is 0 Å². The topological polar surface area (TPSA) is 95.2 Å². The van der Waals surface area contributed by atoms with Crippen LogP contribution in [0.3, 0.4) is 0 Å². The second-order valence-electron chi connectivity index (χ2n) is 7.20. The van der Waals surface area contributed by atoms with Crippen molar-refractivity contribution in [3.8, 4) is 0 Å². The lowest BCUT2D eigenvalue weighted by molar-refractivity contribution is 0.0954. The molecule has 1 saturated heterocycles. The molecule has 1 fully saturated rings. The van der Waals surface area contributed by atoms with Crippen molar-refractivity contribution in [2.24, 2.45) is 5.10 Å². The molecule has 0 unspecified atom stereocenters. The molecule has 0 radical (unpaired) electrons. The van der Waals surface area contributed by atoms with Crippen LogP contribution in [0.5, 0.6) is 0 Å². The van der Waals surface area contributed by atoms with E-state index in [0.29, 0.717) is 17.0 Å². The standard InChI is InChI=1S/C20H26N4O4S/c1-15(19-5-4-14-28-19)21-22-20(25)16-6-8-18(9-7-16)29(26,27)24(3)17-10-12-23(2)13-11-17/h4-9,14,17H,10-13H2,1-3H3,(H,22,25)/b21-15-. The van der Waals surface area contributed by atoms with Crippen molar-refractivity contribution < 1.29 is 17.6 Å². The fraction of sp³-hybridized carbons (Fsp3) is 0.400. The van der Waals surface area contributed by atoms with Crippen molar-refractivity contribution in [3.63, 3.8) is 0 Å². The minimum absolute atomic E-state index is 0.0157. The molecule has 0 spiro atoms. The number of hydrogen-bond donors (Lipinski definition) is 1. The maximum Gasteiger partial charge on any atom is 0.271 e. The number of piperidine rings is 1. The summed E-state index contributed by atoms with van der Waals surface area (Å²) in [5.74, 6) is 0.132. The summed E-state index contributed by atoms with van der Waals surface area (Å²) in [5.41, 5.74) is 3.30. The van der Waals surface area contributed by atoms with Crippen molar-refractivity contribution in [2.45, 2.75) is 30.7 Å². The van der Waals surface area contributed by atoms with E-state index in [1.807, 2.05) is 7.05 Å². The third kappa shape index (κ3) is 4.92. The Bertz CT molecular complexity index is 960. The van der Waals surface area contributed by atoms with E-state index >= 15 is 0 Å². The van der Waals surface area contributed by atoms with Gasteiger partial charge in [0.2, 0.25) is 10.0 Å². The fourth-order valence-electron chi connectivity index (χ4n) is 3.24. The van der Waals surface area contributed by atoms with Gasteiger partial charge in [-0.25, -0.2) is 13.8 Å². The number of nitrogens with zero attached hydrogens (tertiary/aromatic N) is 3. The molecule has 2 aromatic rings. The molecular weight excluding hydrogens is 392 g/mol. The molecule has 1 aromatic carbocycles. The van der Waals surface area contributed by atoms with E-state index in [9.17, 15) is 13.2 Å². The first-order chi connectivity index (χ1) is 13.8. The minimum Gasteiger partial charge on any atom is -0.463 e. The molecule has 0 atom stereocenters. The zero-order valence-electron chi connectivity index (χ0n) is 16.8. The summed E-state index contributed by atoms with van der Waals surface area (Å²) < 4.78 is 32.5. The van der Waals surface area contributed by atoms with Crippen molar-refractivity contribution in [2.75, 3.05) is 27.2 Å². The van der Waals surface area contributed by atoms with Crippen molar-refractivity contribution in [1.29, 1.82) is 0 Å². The van der Waals surface area contributed by atoms with Gasteiger partial charge in [-0.3, -0.25) is 4.79 Å². The van der Waals surface area contributed by atoms with Gasteiger partial charge in [-0.05, 0) is 76.3 Å². The summed E-state index contributed by atoms with van der Waals surface area (Å²) in [6, 6.07) is 9.35. The average molecular weight is 419 g/mol. The molecule has 1 aromatic heterocycles. The Hall–Kier alpha value is -2.49. The van der Waals surface area contributed by atoms with Crippen molar-refractivity contribution in [1.82, 2.24) is 14.6 Å². The number of carbonyl (C=O) groups is 1. The number of furan rings is 1. The third-order valence-corrected chi connectivity index (χ3v) is 7.12. The van der Waals surface area contributed by atoms with Crippen LogP contribution in [0.25, 0.3) is 0 Å². The first-order valence-electron chi connectivity index (χ1n) is 9.44. The second kappa shape index (κ2) is 8.89. The first-order valence-corrected chi connectivity index (χ1v) is 10.9. The highest BCUT2D eigenvalue weighted by molar-refractivity contribution is 7.89. The van der Waals surface area contributed by atoms with Crippen LogP contribution in [0.15, 0.2) is 57.1 Å². The van der Waals surface area contributed by atoms with E-state index in [1.54, 1.807) is 26.1 Å². The van der Waals surface area contributed by atoms with E-state index in [4.69, 9.17) is 4.42 Å². The number of sulfonamides is 1. The van der Waals surface area contributed by atoms with Crippen molar-refractivity contribution >= 4 is 21.6 Å². The third-order valence-electron chi connectivity index (χ3n) is 5.20. The Morgan fingerprint density at radius 2 is 1.86 bits per heavy atom. The van der Waals surface area contributed by atoms with Crippen LogP contribution < -0.4 is 5.43 Å². The minimum atomic E-state index is -3.61. The number of nitrogens with one attached hydrogen (secondary N) is 1. The number of amides is 1. The highest BCUT2D eigenvalue weighted by Gasteiger charge is 2.30. The van der Waals surface area contributed by atoms with Crippen LogP contribution in [0.1, 0.15) is 35.9 Å². The highest BCUT2D eigenvalue weighted by Crippen LogP contribution is 2.22. The summed E-state index contributed by atoms with van der Waals surface area (Å²) in [7, 11) is 0.0487. The number of hydrazone groups is 1. The number of benzene rings is 1. The lowest BCUT2D eigenvalue weighted by atomic mass is 10.1. The molecule has 1 amide bonds. The normalized spacial score (nSPS) is 16.9. The fourth-order valence-corrected chi connectivity index (χ4v) is 4.65. The molecule has 1 aliphatic rings. The Morgan fingerprint density at radius 3 is 2.45 bits per heavy atom. The van der Waals surface area contributed by atoms with E-state index in [-0.39, 0.29) is 10.9 Å². The van der Waals surface area contributed by atoms with Crippen molar-refractivity contribution in [3.05, 3.63) is 54.0 Å². The first kappa shape index (κ1) is 21.2. The molecule has 3 rings (SSSR count). The zero-order chi connectivity index (χ0) is 21.0. The molecule has 8 nitrogen and oxygen atoms in total. The van der Waals surface area contributed by atoms with E-state index in [0.717, 1.165) is 25.9 Å². The van der Waals surface area contributed by atoms with E-state index < -0.39 is 15.9 Å². The van der Waals surface area contributed by atoms with Crippen LogP contribution in [-0.2, 0) is 10.0 Å². The molecular formula is C20H26N4O4S. The Morgan fingerprint density at radius 1 is 1.21 bits per heavy atom. The molecule has 1 N–H and O–H groups in total. The summed E-state index contributed by atoms with van der Waals surface area (Å²) >= 11 is 0. The summed E-state index contributed by atoms with van der Waals surface area (Å²) in [5, 5.41) is 4.00. The van der Waals surface area contributed by atoms with Gasteiger partial charge in [0.05, 0.1) is 11.2 Å². The van der Waals surface area contributed by atoms with Crippen LogP contribution in [0.2, 0.25) is 0 Å². The molecule has 1 aliphatic heterocycles. The Kier molecular flexibility index (Phi) is 6.51. The maximum atomic E-state index is 12.9. The van der Waals surface area contributed by atoms with Gasteiger partial charge in [-0.15, -0.1) is 0 Å². The molecule has 0 saturated carbocycles. The number of likely N-dealkylation sites (tertiary alicyclic amines) is 1. The lowest BCUT2D eigenvalue weighted by Crippen LogP contribution is -2.44. The summed E-state index contributed by atoms with van der Waals surface area (Å²) in [6.45, 7) is 3.47. The van der Waals surface area contributed by atoms with Crippen LogP contribution in [0, 0.1) is 0 Å². The Balaban J connectivity index is 1.67. The highest BCUT2D eigenvalue weighted by atomic mass is 32.2. The van der Waals surface area contributed by atoms with Gasteiger partial charge < -0.3 is 9.32 Å². The molecule has 156 valence electrons.